The fourth-order valence-corrected chi connectivity index (χ4v) is 2.24. The lowest BCUT2D eigenvalue weighted by Gasteiger charge is -2.12. The molecule has 126 valence electrons. The van der Waals surface area contributed by atoms with Gasteiger partial charge in [-0.15, -0.1) is 24.0 Å². The van der Waals surface area contributed by atoms with E-state index in [1.807, 2.05) is 42.1 Å². The molecule has 0 saturated heterocycles. The van der Waals surface area contributed by atoms with E-state index >= 15 is 0 Å². The van der Waals surface area contributed by atoms with E-state index in [0.29, 0.717) is 19.7 Å². The van der Waals surface area contributed by atoms with Crippen LogP contribution in [0.15, 0.2) is 46.0 Å². The Bertz CT molecular complexity index is 632. The average molecular weight is 494 g/mol. The highest BCUT2D eigenvalue weighted by atomic mass is 127. The van der Waals surface area contributed by atoms with Gasteiger partial charge in [-0.1, -0.05) is 22.0 Å². The summed E-state index contributed by atoms with van der Waals surface area (Å²) in [6, 6.07) is 9.75. The number of rotatable bonds is 6. The van der Waals surface area contributed by atoms with Gasteiger partial charge >= 0.3 is 0 Å². The molecular weight excluding hydrogens is 473 g/mol. The summed E-state index contributed by atoms with van der Waals surface area (Å²) in [4.78, 5) is 4.18. The summed E-state index contributed by atoms with van der Waals surface area (Å²) >= 11 is 3.42. The van der Waals surface area contributed by atoms with Crippen LogP contribution in [0.3, 0.4) is 0 Å². The molecule has 2 N–H and O–H groups in total. The topological polar surface area (TPSA) is 63.5 Å². The minimum absolute atomic E-state index is 0. The first-order chi connectivity index (χ1) is 10.7. The molecule has 0 aliphatic carbocycles. The standard InChI is InChI=1S/C15H20BrN5O.HI/c1-17-15(19-11-13-6-7-20-21(13)2)18-8-9-22-14-5-3-4-12(16)10-14;/h3-7,10H,8-9,11H2,1-2H3,(H2,17,18,19);1H. The van der Waals surface area contributed by atoms with Gasteiger partial charge in [0.05, 0.1) is 18.8 Å². The molecule has 2 aromatic rings. The quantitative estimate of drug-likeness (QED) is 0.281. The van der Waals surface area contributed by atoms with Gasteiger partial charge in [0, 0.05) is 24.8 Å². The molecule has 1 aromatic heterocycles. The first-order valence-electron chi connectivity index (χ1n) is 6.99. The van der Waals surface area contributed by atoms with E-state index in [2.05, 4.69) is 36.7 Å². The summed E-state index contributed by atoms with van der Waals surface area (Å²) in [6.45, 7) is 1.89. The van der Waals surface area contributed by atoms with Gasteiger partial charge in [-0.2, -0.15) is 5.10 Å². The zero-order valence-corrected chi connectivity index (χ0v) is 17.0. The van der Waals surface area contributed by atoms with Crippen molar-refractivity contribution >= 4 is 45.9 Å². The van der Waals surface area contributed by atoms with Crippen LogP contribution < -0.4 is 15.4 Å². The molecule has 0 fully saturated rings. The Hall–Kier alpha value is -1.29. The minimum Gasteiger partial charge on any atom is -0.492 e. The predicted octanol–water partition coefficient (Wildman–Crippen LogP) is 2.54. The van der Waals surface area contributed by atoms with Crippen molar-refractivity contribution in [1.29, 1.82) is 0 Å². The van der Waals surface area contributed by atoms with Gasteiger partial charge in [0.25, 0.3) is 0 Å². The molecular formula is C15H21BrIN5O. The van der Waals surface area contributed by atoms with Crippen LogP contribution in [0, 0.1) is 0 Å². The maximum absolute atomic E-state index is 5.66. The summed E-state index contributed by atoms with van der Waals surface area (Å²) in [5.74, 6) is 1.58. The van der Waals surface area contributed by atoms with Gasteiger partial charge < -0.3 is 15.4 Å². The number of ether oxygens (including phenoxy) is 1. The Labute approximate surface area is 161 Å². The summed E-state index contributed by atoms with van der Waals surface area (Å²) in [6.07, 6.45) is 1.78. The van der Waals surface area contributed by atoms with Crippen LogP contribution in [0.4, 0.5) is 0 Å². The van der Waals surface area contributed by atoms with Gasteiger partial charge in [-0.3, -0.25) is 9.67 Å². The summed E-state index contributed by atoms with van der Waals surface area (Å²) < 4.78 is 8.50. The number of aliphatic imine (C=N–C) groups is 1. The highest BCUT2D eigenvalue weighted by Crippen LogP contribution is 2.17. The zero-order chi connectivity index (χ0) is 15.8. The lowest BCUT2D eigenvalue weighted by molar-refractivity contribution is 0.321. The monoisotopic (exact) mass is 493 g/mol. The Kier molecular flexibility index (Phi) is 9.00. The minimum atomic E-state index is 0. The van der Waals surface area contributed by atoms with Crippen molar-refractivity contribution in [3.63, 3.8) is 0 Å². The van der Waals surface area contributed by atoms with Crippen LogP contribution in [0.1, 0.15) is 5.69 Å². The van der Waals surface area contributed by atoms with Crippen LogP contribution in [-0.4, -0.2) is 35.9 Å². The highest BCUT2D eigenvalue weighted by Gasteiger charge is 2.01. The molecule has 0 radical (unpaired) electrons. The van der Waals surface area contributed by atoms with Gasteiger partial charge in [-0.25, -0.2) is 0 Å². The summed E-state index contributed by atoms with van der Waals surface area (Å²) in [5.41, 5.74) is 1.09. The largest absolute Gasteiger partial charge is 0.492 e. The third-order valence-electron chi connectivity index (χ3n) is 3.04. The fourth-order valence-electron chi connectivity index (χ4n) is 1.86. The summed E-state index contributed by atoms with van der Waals surface area (Å²) in [5, 5.41) is 10.6. The molecule has 0 aliphatic heterocycles. The molecule has 0 saturated carbocycles. The number of hydrogen-bond donors (Lipinski definition) is 2. The lowest BCUT2D eigenvalue weighted by atomic mass is 10.3. The molecule has 1 heterocycles. The number of nitrogens with zero attached hydrogens (tertiary/aromatic N) is 3. The van der Waals surface area contributed by atoms with E-state index in [0.717, 1.165) is 21.9 Å². The number of nitrogens with one attached hydrogen (secondary N) is 2. The van der Waals surface area contributed by atoms with E-state index in [-0.39, 0.29) is 24.0 Å². The number of halogens is 2. The molecule has 0 spiro atoms. The van der Waals surface area contributed by atoms with Gasteiger partial charge in [-0.05, 0) is 24.3 Å². The Morgan fingerprint density at radius 2 is 2.17 bits per heavy atom. The molecule has 0 amide bonds. The molecule has 0 aliphatic rings. The number of guanidine groups is 1. The third kappa shape index (κ3) is 6.78. The number of aromatic nitrogens is 2. The van der Waals surface area contributed by atoms with E-state index in [9.17, 15) is 0 Å². The number of hydrogen-bond acceptors (Lipinski definition) is 3. The predicted molar refractivity (Wildman–Crippen MR) is 106 cm³/mol. The van der Waals surface area contributed by atoms with Crippen molar-refractivity contribution in [2.24, 2.45) is 12.0 Å². The van der Waals surface area contributed by atoms with Crippen molar-refractivity contribution < 1.29 is 4.74 Å². The molecule has 1 aromatic carbocycles. The van der Waals surface area contributed by atoms with E-state index in [1.165, 1.54) is 0 Å². The second-order valence-corrected chi connectivity index (χ2v) is 5.52. The smallest absolute Gasteiger partial charge is 0.191 e. The molecule has 23 heavy (non-hydrogen) atoms. The van der Waals surface area contributed by atoms with Crippen molar-refractivity contribution in [2.45, 2.75) is 6.54 Å². The van der Waals surface area contributed by atoms with Crippen molar-refractivity contribution in [3.8, 4) is 5.75 Å². The number of aryl methyl sites for hydroxylation is 1. The average Bonchev–Trinajstić information content (AvgIpc) is 2.92. The van der Waals surface area contributed by atoms with Crippen molar-refractivity contribution in [1.82, 2.24) is 20.4 Å². The van der Waals surface area contributed by atoms with Gasteiger partial charge in [0.1, 0.15) is 12.4 Å². The Morgan fingerprint density at radius 1 is 1.35 bits per heavy atom. The zero-order valence-electron chi connectivity index (χ0n) is 13.1. The van der Waals surface area contributed by atoms with E-state index < -0.39 is 0 Å². The SMILES string of the molecule is CN=C(NCCOc1cccc(Br)c1)NCc1ccnn1C.I. The van der Waals surface area contributed by atoms with Crippen LogP contribution in [-0.2, 0) is 13.6 Å². The Morgan fingerprint density at radius 3 is 2.83 bits per heavy atom. The van der Waals surface area contributed by atoms with Crippen LogP contribution in [0.5, 0.6) is 5.75 Å². The van der Waals surface area contributed by atoms with Crippen LogP contribution in [0.25, 0.3) is 0 Å². The number of benzene rings is 1. The van der Waals surface area contributed by atoms with Gasteiger partial charge in [0.15, 0.2) is 5.96 Å². The maximum atomic E-state index is 5.66. The molecule has 0 unspecified atom stereocenters. The maximum Gasteiger partial charge on any atom is 0.191 e. The molecule has 2 rings (SSSR count). The van der Waals surface area contributed by atoms with Crippen molar-refractivity contribution in [2.75, 3.05) is 20.2 Å². The van der Waals surface area contributed by atoms with Gasteiger partial charge in [0.2, 0.25) is 0 Å². The lowest BCUT2D eigenvalue weighted by Crippen LogP contribution is -2.39. The van der Waals surface area contributed by atoms with E-state index in [1.54, 1.807) is 13.2 Å². The fraction of sp³-hybridized carbons (Fsp3) is 0.333. The molecule has 0 bridgehead atoms. The molecule has 6 nitrogen and oxygen atoms in total. The first-order valence-corrected chi connectivity index (χ1v) is 7.78. The second-order valence-electron chi connectivity index (χ2n) is 4.60. The first kappa shape index (κ1) is 19.8. The van der Waals surface area contributed by atoms with E-state index in [4.69, 9.17) is 4.74 Å². The Balaban J connectivity index is 0.00000264. The third-order valence-corrected chi connectivity index (χ3v) is 3.54. The van der Waals surface area contributed by atoms with Crippen molar-refractivity contribution in [3.05, 3.63) is 46.7 Å². The van der Waals surface area contributed by atoms with Crippen LogP contribution >= 0.6 is 39.9 Å². The van der Waals surface area contributed by atoms with Crippen LogP contribution in [0.2, 0.25) is 0 Å². The molecule has 0 atom stereocenters. The summed E-state index contributed by atoms with van der Waals surface area (Å²) in [7, 11) is 3.66. The molecule has 8 heteroatoms. The highest BCUT2D eigenvalue weighted by molar-refractivity contribution is 14.0. The second kappa shape index (κ2) is 10.5. The normalized spacial score (nSPS) is 10.8.